The predicted octanol–water partition coefficient (Wildman–Crippen LogP) is 7.72. The third-order valence-electron chi connectivity index (χ3n) is 5.78. The van der Waals surface area contributed by atoms with E-state index in [0.717, 1.165) is 34.0 Å². The molecule has 4 aromatic carbocycles. The molecule has 1 heterocycles. The van der Waals surface area contributed by atoms with Gasteiger partial charge in [0.05, 0.1) is 23.2 Å². The van der Waals surface area contributed by atoms with Crippen molar-refractivity contribution >= 4 is 28.5 Å². The van der Waals surface area contributed by atoms with Crippen LogP contribution in [0.25, 0.3) is 22.0 Å². The van der Waals surface area contributed by atoms with Crippen LogP contribution in [0, 0.1) is 0 Å². The summed E-state index contributed by atoms with van der Waals surface area (Å²) in [5.41, 5.74) is 5.54. The Morgan fingerprint density at radius 2 is 1.60 bits per heavy atom. The first-order valence-corrected chi connectivity index (χ1v) is 11.6. The molecule has 0 aliphatic carbocycles. The number of carbonyl (C=O) groups is 1. The number of benzene rings is 4. The summed E-state index contributed by atoms with van der Waals surface area (Å²) in [6.07, 6.45) is 2.64. The van der Waals surface area contributed by atoms with Crippen LogP contribution in [0.3, 0.4) is 0 Å². The lowest BCUT2D eigenvalue weighted by Crippen LogP contribution is -2.00. The van der Waals surface area contributed by atoms with E-state index < -0.39 is 5.97 Å². The number of methoxy groups -OCH3 is 1. The Balaban J connectivity index is 1.58. The minimum atomic E-state index is -0.408. The van der Waals surface area contributed by atoms with Crippen molar-refractivity contribution in [3.05, 3.63) is 125 Å². The molecular weight excluding hydrogens is 458 g/mol. The molecular formula is C30H22ClNO3. The summed E-state index contributed by atoms with van der Waals surface area (Å²) in [6, 6.07) is 31.0. The molecule has 0 aliphatic rings. The maximum absolute atomic E-state index is 11.9. The summed E-state index contributed by atoms with van der Waals surface area (Å²) in [4.78, 5) is 16.6. The van der Waals surface area contributed by atoms with Crippen LogP contribution in [0.5, 0.6) is 11.5 Å². The van der Waals surface area contributed by atoms with Crippen molar-refractivity contribution < 1.29 is 14.3 Å². The Labute approximate surface area is 208 Å². The number of carbonyl (C=O) groups excluding carboxylic acids is 1. The monoisotopic (exact) mass is 479 g/mol. The quantitative estimate of drug-likeness (QED) is 0.234. The van der Waals surface area contributed by atoms with Gasteiger partial charge in [0.1, 0.15) is 11.5 Å². The summed E-state index contributed by atoms with van der Waals surface area (Å²) < 4.78 is 10.9. The Hall–Kier alpha value is -4.15. The Bertz CT molecular complexity index is 1520. The lowest BCUT2D eigenvalue weighted by molar-refractivity contribution is 0.0600. The molecule has 0 fully saturated rings. The lowest BCUT2D eigenvalue weighted by Gasteiger charge is -2.15. The van der Waals surface area contributed by atoms with Crippen molar-refractivity contribution in [2.24, 2.45) is 0 Å². The van der Waals surface area contributed by atoms with E-state index in [1.54, 1.807) is 18.2 Å². The van der Waals surface area contributed by atoms with E-state index in [1.807, 2.05) is 66.9 Å². The summed E-state index contributed by atoms with van der Waals surface area (Å²) >= 11 is 6.49. The largest absolute Gasteiger partial charge is 0.465 e. The number of pyridine rings is 1. The molecule has 0 spiro atoms. The first kappa shape index (κ1) is 22.6. The highest BCUT2D eigenvalue weighted by Gasteiger charge is 2.15. The number of para-hydroxylation sites is 1. The van der Waals surface area contributed by atoms with Crippen LogP contribution in [-0.4, -0.2) is 18.1 Å². The molecule has 0 unspecified atom stereocenters. The van der Waals surface area contributed by atoms with Crippen molar-refractivity contribution in [1.82, 2.24) is 4.98 Å². The average molecular weight is 480 g/mol. The molecule has 35 heavy (non-hydrogen) atoms. The SMILES string of the molecule is COC(=O)c1cccc(Oc2cccc(-c3c(Cc4ccccc4)cnc4c(Cl)cccc34)c2)c1. The number of hydrogen-bond acceptors (Lipinski definition) is 4. The number of rotatable bonds is 6. The first-order chi connectivity index (χ1) is 17.1. The van der Waals surface area contributed by atoms with Crippen LogP contribution in [0.4, 0.5) is 0 Å². The van der Waals surface area contributed by atoms with Gasteiger partial charge in [0.2, 0.25) is 0 Å². The minimum Gasteiger partial charge on any atom is -0.465 e. The minimum absolute atomic E-state index is 0.408. The molecule has 0 bridgehead atoms. The molecule has 0 amide bonds. The first-order valence-electron chi connectivity index (χ1n) is 11.2. The third kappa shape index (κ3) is 4.88. The summed E-state index contributed by atoms with van der Waals surface area (Å²) in [7, 11) is 1.36. The molecule has 5 rings (SSSR count). The van der Waals surface area contributed by atoms with Gasteiger partial charge >= 0.3 is 5.97 Å². The Morgan fingerprint density at radius 3 is 2.40 bits per heavy atom. The number of halogens is 1. The zero-order chi connectivity index (χ0) is 24.2. The number of fused-ring (bicyclic) bond motifs is 1. The summed E-state index contributed by atoms with van der Waals surface area (Å²) in [6.45, 7) is 0. The highest BCUT2D eigenvalue weighted by atomic mass is 35.5. The molecule has 0 saturated carbocycles. The Morgan fingerprint density at radius 1 is 0.857 bits per heavy atom. The molecule has 5 aromatic rings. The molecule has 0 aliphatic heterocycles. The van der Waals surface area contributed by atoms with Crippen molar-refractivity contribution in [1.29, 1.82) is 0 Å². The van der Waals surface area contributed by atoms with Crippen molar-refractivity contribution in [3.8, 4) is 22.6 Å². The van der Waals surface area contributed by atoms with Gasteiger partial charge in [-0.15, -0.1) is 0 Å². The van der Waals surface area contributed by atoms with E-state index in [-0.39, 0.29) is 0 Å². The van der Waals surface area contributed by atoms with E-state index in [2.05, 4.69) is 23.2 Å². The fourth-order valence-corrected chi connectivity index (χ4v) is 4.40. The molecule has 172 valence electrons. The summed E-state index contributed by atoms with van der Waals surface area (Å²) in [5.74, 6) is 0.800. The van der Waals surface area contributed by atoms with Crippen LogP contribution in [-0.2, 0) is 11.2 Å². The summed E-state index contributed by atoms with van der Waals surface area (Å²) in [5, 5.41) is 1.60. The maximum Gasteiger partial charge on any atom is 0.337 e. The van der Waals surface area contributed by atoms with E-state index in [4.69, 9.17) is 21.1 Å². The standard InChI is InChI=1S/C30H22ClNO3/c1-34-30(33)22-11-6-13-25(18-22)35-24-12-5-10-21(17-24)28-23(16-20-8-3-2-4-9-20)19-32-29-26(28)14-7-15-27(29)31/h2-15,17-19H,16H2,1H3. The lowest BCUT2D eigenvalue weighted by atomic mass is 9.93. The average Bonchev–Trinajstić information content (AvgIpc) is 2.89. The predicted molar refractivity (Wildman–Crippen MR) is 139 cm³/mol. The fourth-order valence-electron chi connectivity index (χ4n) is 4.17. The van der Waals surface area contributed by atoms with Gasteiger partial charge in [-0.3, -0.25) is 4.98 Å². The maximum atomic E-state index is 11.9. The number of nitrogens with zero attached hydrogens (tertiary/aromatic N) is 1. The smallest absolute Gasteiger partial charge is 0.337 e. The van der Waals surface area contributed by atoms with Gasteiger partial charge in [0.25, 0.3) is 0 Å². The second kappa shape index (κ2) is 10.00. The highest BCUT2D eigenvalue weighted by Crippen LogP contribution is 2.37. The van der Waals surface area contributed by atoms with Crippen molar-refractivity contribution in [3.63, 3.8) is 0 Å². The molecule has 1 aromatic heterocycles. The normalized spacial score (nSPS) is 10.8. The van der Waals surface area contributed by atoms with Crippen molar-refractivity contribution in [2.75, 3.05) is 7.11 Å². The molecule has 0 saturated heterocycles. The Kier molecular flexibility index (Phi) is 6.47. The highest BCUT2D eigenvalue weighted by molar-refractivity contribution is 6.35. The molecule has 0 N–H and O–H groups in total. The zero-order valence-electron chi connectivity index (χ0n) is 19.1. The van der Waals surface area contributed by atoms with E-state index >= 15 is 0 Å². The number of hydrogen-bond donors (Lipinski definition) is 0. The van der Waals surface area contributed by atoms with Gasteiger partial charge in [-0.2, -0.15) is 0 Å². The van der Waals surface area contributed by atoms with Gasteiger partial charge in [0, 0.05) is 11.6 Å². The third-order valence-corrected chi connectivity index (χ3v) is 6.08. The number of esters is 1. The van der Waals surface area contributed by atoms with E-state index in [0.29, 0.717) is 22.1 Å². The second-order valence-corrected chi connectivity index (χ2v) is 8.51. The van der Waals surface area contributed by atoms with Gasteiger partial charge in [-0.1, -0.05) is 72.3 Å². The van der Waals surface area contributed by atoms with Gasteiger partial charge in [0.15, 0.2) is 0 Å². The van der Waals surface area contributed by atoms with Crippen LogP contribution in [0.1, 0.15) is 21.5 Å². The van der Waals surface area contributed by atoms with E-state index in [9.17, 15) is 4.79 Å². The number of aromatic nitrogens is 1. The topological polar surface area (TPSA) is 48.4 Å². The van der Waals surface area contributed by atoms with Crippen LogP contribution < -0.4 is 4.74 Å². The zero-order valence-corrected chi connectivity index (χ0v) is 19.8. The van der Waals surface area contributed by atoms with Crippen LogP contribution in [0.2, 0.25) is 5.02 Å². The van der Waals surface area contributed by atoms with Crippen molar-refractivity contribution in [2.45, 2.75) is 6.42 Å². The fraction of sp³-hybridized carbons (Fsp3) is 0.0667. The van der Waals surface area contributed by atoms with Gasteiger partial charge < -0.3 is 9.47 Å². The molecule has 4 nitrogen and oxygen atoms in total. The van der Waals surface area contributed by atoms with Crippen LogP contribution >= 0.6 is 11.6 Å². The van der Waals surface area contributed by atoms with E-state index in [1.165, 1.54) is 12.7 Å². The second-order valence-electron chi connectivity index (χ2n) is 8.11. The van der Waals surface area contributed by atoms with Gasteiger partial charge in [-0.05, 0) is 65.1 Å². The molecule has 5 heteroatoms. The molecule has 0 atom stereocenters. The number of ether oxygens (including phenoxy) is 2. The van der Waals surface area contributed by atoms with Crippen LogP contribution in [0.15, 0.2) is 103 Å². The van der Waals surface area contributed by atoms with Gasteiger partial charge in [-0.25, -0.2) is 4.79 Å². The molecule has 0 radical (unpaired) electrons.